The van der Waals surface area contributed by atoms with Gasteiger partial charge in [0, 0.05) is 58.3 Å². The molecule has 2 fully saturated rings. The van der Waals surface area contributed by atoms with Crippen LogP contribution in [0.5, 0.6) is 5.88 Å². The van der Waals surface area contributed by atoms with Gasteiger partial charge in [-0.25, -0.2) is 41.3 Å². The van der Waals surface area contributed by atoms with E-state index in [4.69, 9.17) is 26.3 Å². The van der Waals surface area contributed by atoms with Gasteiger partial charge in [0.2, 0.25) is 17.7 Å². The number of amides is 2. The molecule has 25 heteroatoms. The van der Waals surface area contributed by atoms with Crippen molar-refractivity contribution in [3.8, 4) is 24.1 Å². The van der Waals surface area contributed by atoms with Crippen molar-refractivity contribution < 1.29 is 94.2 Å². The number of rotatable bonds is 9. The predicted octanol–water partition coefficient (Wildman–Crippen LogP) is 1.78. The van der Waals surface area contributed by atoms with E-state index in [1.165, 1.54) is 44.6 Å². The van der Waals surface area contributed by atoms with E-state index < -0.39 is 85.0 Å². The summed E-state index contributed by atoms with van der Waals surface area (Å²) < 4.78 is 89.4. The fourth-order valence-corrected chi connectivity index (χ4v) is 6.63. The number of hydrogen-bond acceptors (Lipinski definition) is 12. The average Bonchev–Trinajstić information content (AvgIpc) is 3.27. The molecule has 0 saturated carbocycles. The number of ether oxygens (including phenoxy) is 1. The number of aromatic amines is 1. The quantitative estimate of drug-likeness (QED) is 0.0947. The standard InChI is InChI=1S/C20H20F3N5O2.C19H18F3N5O2.C3H9ClSi.C2H3N.HI.Na/c1-12(18(29)27-17-4-3-15(21)10-25-17)28-6-5-20(22,23)16(11-28)14-7-13(8-24)19(30-2)26-9-14;1-11(17(28)26-16-3-2-14(20)9-24-16)27-5-4-19(21,22)15(10-27)13-6-12(7-23)18(29)25-8-13;1-5(2,3)4;1-2-3;;/h3-4,7,9-10,12,16H,5-6,11H2,1-2H3,(H,25,27,29);2-3,6,8-9,11,15H,4-5,10H2,1H3,(H,25,29)(H,24,26,28);1-3H3;1H3;1H;/q;;;;;+1/p-1. The molecule has 6 heterocycles. The number of nitrogens with zero attached hydrogens (tertiary/aromatic N) is 8. The van der Waals surface area contributed by atoms with Crippen molar-refractivity contribution >= 4 is 41.9 Å². The van der Waals surface area contributed by atoms with Crippen molar-refractivity contribution in [1.29, 1.82) is 15.8 Å². The van der Waals surface area contributed by atoms with Crippen LogP contribution in [0.2, 0.25) is 19.6 Å². The van der Waals surface area contributed by atoms with E-state index in [1.807, 2.05) is 6.07 Å². The van der Waals surface area contributed by atoms with Crippen molar-refractivity contribution in [2.75, 3.05) is 43.9 Å². The van der Waals surface area contributed by atoms with Crippen molar-refractivity contribution in [1.82, 2.24) is 29.7 Å². The Bertz CT molecular complexity index is 2500. The van der Waals surface area contributed by atoms with Gasteiger partial charge in [0.25, 0.3) is 17.4 Å². The first-order valence-electron chi connectivity index (χ1n) is 20.5. The summed E-state index contributed by atoms with van der Waals surface area (Å²) in [6.45, 7) is 10.6. The third-order valence-electron chi connectivity index (χ3n) is 10.2. The predicted molar refractivity (Wildman–Crippen MR) is 240 cm³/mol. The number of carbonyl (C=O) groups excluding carboxylic acids is 2. The van der Waals surface area contributed by atoms with Crippen LogP contribution >= 0.6 is 11.1 Å². The van der Waals surface area contributed by atoms with E-state index in [0.717, 1.165) is 30.6 Å². The van der Waals surface area contributed by atoms with E-state index in [1.54, 1.807) is 35.8 Å². The number of alkyl halides is 4. The van der Waals surface area contributed by atoms with Crippen LogP contribution in [-0.2, 0) is 9.59 Å². The molecule has 2 aliphatic heterocycles. The number of carbonyl (C=O) groups is 2. The van der Waals surface area contributed by atoms with Gasteiger partial charge in [0.05, 0.1) is 49.5 Å². The summed E-state index contributed by atoms with van der Waals surface area (Å²) in [7, 11) is 0.204. The number of halogens is 8. The minimum absolute atomic E-state index is 0. The first kappa shape index (κ1) is 62.4. The van der Waals surface area contributed by atoms with E-state index in [2.05, 4.69) is 50.2 Å². The molecule has 3 N–H and O–H groups in total. The summed E-state index contributed by atoms with van der Waals surface area (Å²) in [5.74, 6) is -10.2. The van der Waals surface area contributed by atoms with Crippen LogP contribution in [0, 0.1) is 45.6 Å². The summed E-state index contributed by atoms with van der Waals surface area (Å²) in [5.41, 5.74) is -0.495. The monoisotopic (exact) mass is 1120 g/mol. The Morgan fingerprint density at radius 1 is 0.812 bits per heavy atom. The fourth-order valence-electron chi connectivity index (χ4n) is 6.63. The minimum atomic E-state index is -3.06. The maximum atomic E-state index is 14.7. The van der Waals surface area contributed by atoms with Crippen LogP contribution < -0.4 is 74.5 Å². The molecule has 4 atom stereocenters. The van der Waals surface area contributed by atoms with Gasteiger partial charge in [-0.2, -0.15) is 26.9 Å². The van der Waals surface area contributed by atoms with E-state index in [9.17, 15) is 46.0 Å². The van der Waals surface area contributed by atoms with Gasteiger partial charge in [-0.05, 0) is 61.4 Å². The van der Waals surface area contributed by atoms with E-state index in [0.29, 0.717) is 0 Å². The number of nitriles is 3. The Balaban J connectivity index is 0.000000582. The number of pyridine rings is 4. The van der Waals surface area contributed by atoms with E-state index >= 15 is 0 Å². The normalized spacial score (nSPS) is 17.8. The largest absolute Gasteiger partial charge is 1.00 e. The summed E-state index contributed by atoms with van der Waals surface area (Å²) in [6, 6.07) is 11.3. The summed E-state index contributed by atoms with van der Waals surface area (Å²) in [5, 5.41) is 30.6. The number of anilines is 2. The molecular weight excluding hydrogens is 1070 g/mol. The Morgan fingerprint density at radius 3 is 1.59 bits per heavy atom. The molecule has 0 aliphatic carbocycles. The topological polar surface area (TPSA) is 217 Å². The minimum Gasteiger partial charge on any atom is -1.00 e. The number of hydrogen-bond donors (Lipinski definition) is 3. The molecular formula is C44H50ClF6IN11NaO4Si. The molecule has 69 heavy (non-hydrogen) atoms. The molecule has 4 unspecified atom stereocenters. The molecule has 0 bridgehead atoms. The number of piperidine rings is 2. The van der Waals surface area contributed by atoms with Gasteiger partial charge in [0.15, 0.2) is 0 Å². The number of H-pyrrole nitrogens is 1. The second kappa shape index (κ2) is 28.3. The number of methoxy groups -OCH3 is 1. The Morgan fingerprint density at radius 2 is 1.22 bits per heavy atom. The fraction of sp³-hybridized carbons (Fsp3) is 0.432. The Hall–Kier alpha value is -4.65. The molecule has 2 aliphatic rings. The Labute approximate surface area is 441 Å². The summed E-state index contributed by atoms with van der Waals surface area (Å²) >= 11 is 5.67. The molecule has 6 rings (SSSR count). The van der Waals surface area contributed by atoms with Crippen molar-refractivity contribution in [3.63, 3.8) is 0 Å². The van der Waals surface area contributed by atoms with Crippen LogP contribution in [0.3, 0.4) is 0 Å². The molecule has 4 aromatic heterocycles. The maximum absolute atomic E-state index is 14.7. The second-order valence-electron chi connectivity index (χ2n) is 16.2. The third-order valence-corrected chi connectivity index (χ3v) is 10.2. The molecule has 2 saturated heterocycles. The zero-order chi connectivity index (χ0) is 50.3. The number of aromatic nitrogens is 4. The SMILES string of the molecule is CC#N.CC(C(=O)Nc1ccc(F)cn1)N1CCC(F)(F)C(c2c[nH]c(=O)c(C#N)c2)C1.COc1ncc(C2CN(C(C)C(=O)Nc3ccc(F)cn3)CCC2(F)F)cc1C#N.C[Si](C)(C)Cl.[I-].[Na+]. The van der Waals surface area contributed by atoms with Crippen molar-refractivity contribution in [2.45, 2.75) is 89.0 Å². The maximum Gasteiger partial charge on any atom is 1.00 e. The van der Waals surface area contributed by atoms with Crippen LogP contribution in [0.15, 0.2) is 66.0 Å². The van der Waals surface area contributed by atoms with Gasteiger partial charge in [-0.3, -0.25) is 24.2 Å². The zero-order valence-corrected chi connectivity index (χ0v) is 45.0. The van der Waals surface area contributed by atoms with Crippen LogP contribution in [0.4, 0.5) is 38.0 Å². The first-order chi connectivity index (χ1) is 31.4. The van der Waals surface area contributed by atoms with Gasteiger partial charge in [0.1, 0.15) is 53.9 Å². The van der Waals surface area contributed by atoms with E-state index in [-0.39, 0.29) is 119 Å². The average molecular weight is 1120 g/mol. The summed E-state index contributed by atoms with van der Waals surface area (Å²) in [4.78, 5) is 53.6. The molecule has 15 nitrogen and oxygen atoms in total. The smallest absolute Gasteiger partial charge is 1.00 e. The third kappa shape index (κ3) is 19.2. The zero-order valence-electron chi connectivity index (χ0n) is 39.1. The first-order valence-corrected chi connectivity index (χ1v) is 25.0. The van der Waals surface area contributed by atoms with Crippen molar-refractivity contribution in [3.05, 3.63) is 105 Å². The van der Waals surface area contributed by atoms with Gasteiger partial charge >= 0.3 is 29.6 Å². The summed E-state index contributed by atoms with van der Waals surface area (Å²) in [6.07, 6.45) is 3.46. The van der Waals surface area contributed by atoms with Crippen LogP contribution in [-0.4, -0.2) is 106 Å². The second-order valence-corrected chi connectivity index (χ2v) is 23.7. The molecule has 0 radical (unpaired) electrons. The van der Waals surface area contributed by atoms with Gasteiger partial charge < -0.3 is 44.3 Å². The number of likely N-dealkylation sites (tertiary alicyclic amines) is 2. The molecule has 0 spiro atoms. The Kier molecular flexibility index (Phi) is 25.5. The molecule has 0 aromatic carbocycles. The van der Waals surface area contributed by atoms with Crippen LogP contribution in [0.25, 0.3) is 0 Å². The number of nitrogens with one attached hydrogen (secondary N) is 3. The van der Waals surface area contributed by atoms with Gasteiger partial charge in [-0.1, -0.05) is 19.6 Å². The molecule has 366 valence electrons. The van der Waals surface area contributed by atoms with Crippen LogP contribution in [0.1, 0.15) is 67.7 Å². The van der Waals surface area contributed by atoms with Gasteiger partial charge in [-0.15, -0.1) is 0 Å². The molecule has 2 amide bonds. The molecule has 4 aromatic rings. The van der Waals surface area contributed by atoms with Crippen molar-refractivity contribution in [2.24, 2.45) is 0 Å².